The van der Waals surface area contributed by atoms with Gasteiger partial charge in [0, 0.05) is 28.0 Å². The summed E-state index contributed by atoms with van der Waals surface area (Å²) in [7, 11) is 4.65. The molecule has 1 unspecified atom stereocenters. The van der Waals surface area contributed by atoms with Crippen molar-refractivity contribution < 1.29 is 28.8 Å². The van der Waals surface area contributed by atoms with Gasteiger partial charge in [-0.15, -0.1) is 0 Å². The monoisotopic (exact) mass is 617 g/mol. The highest BCUT2D eigenvalue weighted by Gasteiger charge is 2.21. The minimum atomic E-state index is -0.544. The maximum absolute atomic E-state index is 13.9. The summed E-state index contributed by atoms with van der Waals surface area (Å²) >= 11 is 0. The molecule has 3 N–H and O–H groups in total. The maximum Gasteiger partial charge on any atom is 0.252 e. The van der Waals surface area contributed by atoms with Gasteiger partial charge in [0.05, 0.1) is 50.8 Å². The number of carbonyl (C=O) groups excluding carboxylic acids is 1. The van der Waals surface area contributed by atoms with E-state index in [-0.39, 0.29) is 12.5 Å². The van der Waals surface area contributed by atoms with Crippen LogP contribution in [-0.4, -0.2) is 55.0 Å². The molecule has 1 atom stereocenters. The van der Waals surface area contributed by atoms with Gasteiger partial charge >= 0.3 is 0 Å². The van der Waals surface area contributed by atoms with Crippen molar-refractivity contribution in [1.29, 1.82) is 0 Å². The van der Waals surface area contributed by atoms with E-state index in [1.807, 2.05) is 79.0 Å². The lowest BCUT2D eigenvalue weighted by Gasteiger charge is -2.18. The van der Waals surface area contributed by atoms with Crippen LogP contribution in [0.3, 0.4) is 0 Å². The van der Waals surface area contributed by atoms with E-state index >= 15 is 0 Å². The minimum absolute atomic E-state index is 0.245. The minimum Gasteiger partial charge on any atom is -0.493 e. The molecular weight excluding hydrogens is 582 g/mol. The van der Waals surface area contributed by atoms with E-state index in [0.29, 0.717) is 58.0 Å². The third kappa shape index (κ3) is 6.31. The first kappa shape index (κ1) is 30.5. The number of nitrogens with one attached hydrogen (secondary N) is 2. The number of nitrogens with zero attached hydrogens (tertiary/aromatic N) is 1. The molecule has 0 saturated carbocycles. The van der Waals surface area contributed by atoms with Gasteiger partial charge in [0.25, 0.3) is 5.91 Å². The molecule has 9 heteroatoms. The van der Waals surface area contributed by atoms with Crippen LogP contribution < -0.4 is 24.3 Å². The number of aliphatic hydroxyl groups is 1. The summed E-state index contributed by atoms with van der Waals surface area (Å²) in [6.45, 7) is 0.213. The Hall–Kier alpha value is -5.54. The molecule has 0 bridgehead atoms. The van der Waals surface area contributed by atoms with Crippen molar-refractivity contribution >= 4 is 27.7 Å². The molecule has 6 rings (SSSR count). The molecular formula is C37H35N3O6. The Labute approximate surface area is 266 Å². The fraction of sp³-hybridized carbons (Fsp3) is 0.189. The van der Waals surface area contributed by atoms with Crippen molar-refractivity contribution in [3.8, 4) is 34.3 Å². The molecule has 0 aliphatic carbocycles. The molecule has 0 spiro atoms. The van der Waals surface area contributed by atoms with Crippen LogP contribution >= 0.6 is 0 Å². The van der Waals surface area contributed by atoms with E-state index in [9.17, 15) is 9.90 Å². The molecule has 0 aliphatic heterocycles. The van der Waals surface area contributed by atoms with Gasteiger partial charge in [-0.1, -0.05) is 48.5 Å². The van der Waals surface area contributed by atoms with Crippen LogP contribution in [0.4, 0.5) is 0 Å². The second-order valence-electron chi connectivity index (χ2n) is 10.8. The predicted molar refractivity (Wildman–Crippen MR) is 178 cm³/mol. The van der Waals surface area contributed by atoms with Gasteiger partial charge in [0.2, 0.25) is 5.75 Å². The molecule has 1 amide bonds. The van der Waals surface area contributed by atoms with E-state index in [0.717, 1.165) is 27.8 Å². The number of carbonyl (C=O) groups is 1. The van der Waals surface area contributed by atoms with Crippen molar-refractivity contribution in [2.24, 2.45) is 0 Å². The summed E-state index contributed by atoms with van der Waals surface area (Å²) in [4.78, 5) is 22.0. The van der Waals surface area contributed by atoms with Gasteiger partial charge in [-0.25, -0.2) is 4.98 Å². The number of pyridine rings is 1. The number of aromatic amines is 1. The number of hydrogen-bond donors (Lipinski definition) is 3. The van der Waals surface area contributed by atoms with Crippen LogP contribution in [-0.2, 0) is 13.0 Å². The summed E-state index contributed by atoms with van der Waals surface area (Å²) in [5.41, 5.74) is 5.32. The Bertz CT molecular complexity index is 1960. The van der Waals surface area contributed by atoms with Crippen LogP contribution in [0.15, 0.2) is 97.2 Å². The number of methoxy groups -OCH3 is 3. The van der Waals surface area contributed by atoms with E-state index < -0.39 is 6.04 Å². The molecule has 0 radical (unpaired) electrons. The molecule has 2 heterocycles. The number of hydrogen-bond acceptors (Lipinski definition) is 7. The van der Waals surface area contributed by atoms with Crippen molar-refractivity contribution in [3.05, 3.63) is 114 Å². The number of aliphatic hydroxyl groups excluding tert-OH is 1. The fourth-order valence-electron chi connectivity index (χ4n) is 5.59. The largest absolute Gasteiger partial charge is 0.493 e. The van der Waals surface area contributed by atoms with E-state index in [2.05, 4.69) is 10.3 Å². The van der Waals surface area contributed by atoms with E-state index in [1.54, 1.807) is 39.5 Å². The number of benzene rings is 4. The zero-order valence-electron chi connectivity index (χ0n) is 25.9. The second-order valence-corrected chi connectivity index (χ2v) is 10.8. The predicted octanol–water partition coefficient (Wildman–Crippen LogP) is 6.32. The lowest BCUT2D eigenvalue weighted by atomic mass is 10.0. The van der Waals surface area contributed by atoms with Gasteiger partial charge in [-0.3, -0.25) is 4.79 Å². The van der Waals surface area contributed by atoms with Crippen LogP contribution in [0.2, 0.25) is 0 Å². The third-order valence-corrected chi connectivity index (χ3v) is 7.93. The highest BCUT2D eigenvalue weighted by atomic mass is 16.5. The van der Waals surface area contributed by atoms with Gasteiger partial charge in [-0.2, -0.15) is 0 Å². The number of rotatable bonds is 12. The summed E-state index contributed by atoms with van der Waals surface area (Å²) < 4.78 is 22.6. The molecule has 0 fully saturated rings. The first-order valence-corrected chi connectivity index (χ1v) is 14.9. The lowest BCUT2D eigenvalue weighted by Crippen LogP contribution is -2.39. The smallest absolute Gasteiger partial charge is 0.252 e. The summed E-state index contributed by atoms with van der Waals surface area (Å²) in [5, 5.41) is 15.1. The zero-order chi connectivity index (χ0) is 32.0. The van der Waals surface area contributed by atoms with Crippen molar-refractivity contribution in [1.82, 2.24) is 15.3 Å². The molecule has 9 nitrogen and oxygen atoms in total. The Morgan fingerprint density at radius 1 is 0.870 bits per heavy atom. The zero-order valence-corrected chi connectivity index (χ0v) is 25.9. The fourth-order valence-corrected chi connectivity index (χ4v) is 5.59. The summed E-state index contributed by atoms with van der Waals surface area (Å²) in [6.07, 6.45) is 2.32. The highest BCUT2D eigenvalue weighted by molar-refractivity contribution is 6.07. The maximum atomic E-state index is 13.9. The van der Waals surface area contributed by atoms with E-state index in [1.165, 1.54) is 0 Å². The van der Waals surface area contributed by atoms with Crippen LogP contribution in [0.1, 0.15) is 21.5 Å². The van der Waals surface area contributed by atoms with Gasteiger partial charge in [0.15, 0.2) is 11.5 Å². The summed E-state index contributed by atoms with van der Waals surface area (Å²) in [5.74, 6) is 1.84. The number of fused-ring (bicyclic) bond motifs is 2. The normalized spacial score (nSPS) is 11.7. The average molecular weight is 618 g/mol. The molecule has 234 valence electrons. The second kappa shape index (κ2) is 13.6. The molecule has 2 aromatic heterocycles. The number of ether oxygens (including phenoxy) is 4. The number of para-hydroxylation sites is 1. The van der Waals surface area contributed by atoms with Crippen LogP contribution in [0, 0.1) is 0 Å². The third-order valence-electron chi connectivity index (χ3n) is 7.93. The lowest BCUT2D eigenvalue weighted by molar-refractivity contribution is 0.0918. The molecule has 4 aromatic carbocycles. The number of amides is 1. The first-order valence-electron chi connectivity index (χ1n) is 14.9. The first-order chi connectivity index (χ1) is 22.5. The van der Waals surface area contributed by atoms with Crippen LogP contribution in [0.25, 0.3) is 33.1 Å². The Balaban J connectivity index is 1.27. The molecule has 6 aromatic rings. The average Bonchev–Trinajstić information content (AvgIpc) is 3.51. The molecule has 0 aliphatic rings. The Morgan fingerprint density at radius 2 is 1.61 bits per heavy atom. The van der Waals surface area contributed by atoms with Gasteiger partial charge < -0.3 is 34.4 Å². The van der Waals surface area contributed by atoms with Crippen LogP contribution in [0.5, 0.6) is 23.0 Å². The Kier molecular flexibility index (Phi) is 9.03. The number of H-pyrrole nitrogens is 1. The van der Waals surface area contributed by atoms with Crippen molar-refractivity contribution in [2.45, 2.75) is 19.1 Å². The summed E-state index contributed by atoms with van der Waals surface area (Å²) in [6, 6.07) is 28.1. The van der Waals surface area contributed by atoms with Crippen molar-refractivity contribution in [3.63, 3.8) is 0 Å². The molecule has 0 saturated heterocycles. The standard InChI is InChI=1S/C37H35N3O6/c1-43-34-16-24(17-35(44-2)36(34)45-3)33-19-30(28-11-7-8-12-32(28)40-33)37(42)39-26(21-41)15-25-20-38-31-14-13-27(18-29(25)31)46-22-23-9-5-4-6-10-23/h4-14,16-20,26,38,41H,15,21-22H2,1-3H3,(H,39,42). The Morgan fingerprint density at radius 3 is 2.33 bits per heavy atom. The molecule has 46 heavy (non-hydrogen) atoms. The van der Waals surface area contributed by atoms with Gasteiger partial charge in [-0.05, 0) is 60.0 Å². The van der Waals surface area contributed by atoms with Crippen molar-refractivity contribution in [2.75, 3.05) is 27.9 Å². The SMILES string of the molecule is COc1cc(-c2cc(C(=O)NC(CO)Cc3c[nH]c4ccc(OCc5ccccc5)cc34)c3ccccc3n2)cc(OC)c1OC. The van der Waals surface area contributed by atoms with E-state index in [4.69, 9.17) is 23.9 Å². The number of aromatic nitrogens is 2. The topological polar surface area (TPSA) is 115 Å². The highest BCUT2D eigenvalue weighted by Crippen LogP contribution is 2.41. The van der Waals surface area contributed by atoms with Gasteiger partial charge in [0.1, 0.15) is 12.4 Å². The quantitative estimate of drug-likeness (QED) is 0.147.